The van der Waals surface area contributed by atoms with E-state index in [9.17, 15) is 9.90 Å². The number of thiazole rings is 1. The summed E-state index contributed by atoms with van der Waals surface area (Å²) in [7, 11) is 1.35. The maximum Gasteiger partial charge on any atom is 0.339 e. The van der Waals surface area contributed by atoms with Gasteiger partial charge < -0.3 is 9.84 Å². The summed E-state index contributed by atoms with van der Waals surface area (Å²) in [5.74, 6) is -1.79. The minimum absolute atomic E-state index is 0.0889. The number of carboxylic acid groups (broad SMARTS) is 1. The molecule has 3 rings (SSSR count). The Labute approximate surface area is 194 Å². The zero-order valence-corrected chi connectivity index (χ0v) is 19.2. The number of carboxylic acids is 1. The number of rotatable bonds is 6. The minimum Gasteiger partial charge on any atom is -0.503 e. The predicted molar refractivity (Wildman–Crippen MR) is 123 cm³/mol. The zero-order chi connectivity index (χ0) is 21.8. The van der Waals surface area contributed by atoms with E-state index < -0.39 is 11.8 Å². The molecule has 0 fully saturated rings. The Morgan fingerprint density at radius 1 is 1.23 bits per heavy atom. The van der Waals surface area contributed by atoms with Crippen LogP contribution in [0.2, 0.25) is 10.0 Å². The summed E-state index contributed by atoms with van der Waals surface area (Å²) >= 11 is 16.5. The lowest BCUT2D eigenvalue weighted by Crippen LogP contribution is -2.02. The maximum absolute atomic E-state index is 15.0. The average molecular weight is 529 g/mol. The first kappa shape index (κ1) is 22.5. The molecule has 9 heteroatoms. The summed E-state index contributed by atoms with van der Waals surface area (Å²) in [6, 6.07) is 11.6. The van der Waals surface area contributed by atoms with Crippen molar-refractivity contribution in [1.82, 2.24) is 4.98 Å². The van der Waals surface area contributed by atoms with Crippen molar-refractivity contribution in [2.24, 2.45) is 0 Å². The zero-order valence-electron chi connectivity index (χ0n) is 15.3. The topological polar surface area (TPSA) is 59.4 Å². The van der Waals surface area contributed by atoms with Crippen LogP contribution >= 0.6 is 50.5 Å². The fourth-order valence-electron chi connectivity index (χ4n) is 2.64. The summed E-state index contributed by atoms with van der Waals surface area (Å²) in [5.41, 5.74) is 1.82. The molecule has 0 radical (unpaired) electrons. The number of hydrogen-bond donors (Lipinski definition) is 1. The van der Waals surface area contributed by atoms with Crippen LogP contribution in [0, 0.1) is 0 Å². The quantitative estimate of drug-likeness (QED) is 0.267. The van der Waals surface area contributed by atoms with Crippen LogP contribution in [0.3, 0.4) is 0 Å². The average Bonchev–Trinajstić information content (AvgIpc) is 3.10. The van der Waals surface area contributed by atoms with E-state index in [-0.39, 0.29) is 10.6 Å². The van der Waals surface area contributed by atoms with Gasteiger partial charge in [-0.15, -0.1) is 11.3 Å². The lowest BCUT2D eigenvalue weighted by molar-refractivity contribution is -0.130. The number of hydrogen-bond acceptors (Lipinski definition) is 4. The molecule has 0 unspecified atom stereocenters. The van der Waals surface area contributed by atoms with Gasteiger partial charge >= 0.3 is 5.97 Å². The van der Waals surface area contributed by atoms with Crippen LogP contribution in [-0.2, 0) is 9.53 Å². The predicted octanol–water partition coefficient (Wildman–Crippen LogP) is 7.42. The Hall–Kier alpha value is -2.19. The number of ether oxygens (including phenoxy) is 1. The third-order valence-corrected chi connectivity index (χ3v) is 6.43. The second-order valence-corrected chi connectivity index (χ2v) is 9.05. The van der Waals surface area contributed by atoms with Crippen molar-refractivity contribution in [3.05, 3.63) is 78.7 Å². The highest BCUT2D eigenvalue weighted by Gasteiger charge is 2.18. The Morgan fingerprint density at radius 2 is 1.97 bits per heavy atom. The molecule has 2 aromatic carbocycles. The third kappa shape index (κ3) is 4.92. The molecule has 0 bridgehead atoms. The standard InChI is InChI=1S/C21H13BrCl2FNO3S/c1-29-10-14(21(27)28)13-5-3-2-4-11(13)9-17(25)20-26-18(19(22)30-20)12-6-7-15(23)16(24)8-12/h2-10H,1H3,(H,27,28). The molecular formula is C21H13BrCl2FNO3S. The fourth-order valence-corrected chi connectivity index (χ4v) is 4.44. The monoisotopic (exact) mass is 527 g/mol. The van der Waals surface area contributed by atoms with E-state index in [1.54, 1.807) is 42.5 Å². The van der Waals surface area contributed by atoms with Crippen molar-refractivity contribution >= 4 is 73.9 Å². The second-order valence-electron chi connectivity index (χ2n) is 5.92. The van der Waals surface area contributed by atoms with Crippen LogP contribution in [0.1, 0.15) is 16.1 Å². The molecule has 0 atom stereocenters. The van der Waals surface area contributed by atoms with Crippen molar-refractivity contribution < 1.29 is 19.0 Å². The molecule has 3 aromatic rings. The third-order valence-electron chi connectivity index (χ3n) is 3.98. The molecule has 0 saturated heterocycles. The Morgan fingerprint density at radius 3 is 2.63 bits per heavy atom. The van der Waals surface area contributed by atoms with Crippen LogP contribution in [0.15, 0.2) is 52.5 Å². The van der Waals surface area contributed by atoms with E-state index >= 15 is 4.39 Å². The van der Waals surface area contributed by atoms with Gasteiger partial charge in [-0.05, 0) is 45.3 Å². The molecule has 1 heterocycles. The highest BCUT2D eigenvalue weighted by atomic mass is 79.9. The number of aromatic nitrogens is 1. The van der Waals surface area contributed by atoms with Crippen molar-refractivity contribution in [3.8, 4) is 11.3 Å². The minimum atomic E-state index is -1.18. The van der Waals surface area contributed by atoms with Gasteiger partial charge in [-0.3, -0.25) is 0 Å². The van der Waals surface area contributed by atoms with Crippen LogP contribution in [0.5, 0.6) is 0 Å². The van der Waals surface area contributed by atoms with Gasteiger partial charge in [0.15, 0.2) is 10.8 Å². The van der Waals surface area contributed by atoms with Crippen molar-refractivity contribution in [1.29, 1.82) is 0 Å². The number of benzene rings is 2. The number of methoxy groups -OCH3 is 1. The van der Waals surface area contributed by atoms with Crippen molar-refractivity contribution in [3.63, 3.8) is 0 Å². The molecule has 1 N–H and O–H groups in total. The molecular weight excluding hydrogens is 516 g/mol. The lowest BCUT2D eigenvalue weighted by atomic mass is 10.00. The normalized spacial score (nSPS) is 12.2. The van der Waals surface area contributed by atoms with Crippen LogP contribution in [0.4, 0.5) is 4.39 Å². The Kier molecular flexibility index (Phi) is 7.31. The van der Waals surface area contributed by atoms with E-state index in [0.717, 1.165) is 17.6 Å². The van der Waals surface area contributed by atoms with E-state index in [1.807, 2.05) is 0 Å². The molecule has 154 valence electrons. The highest BCUT2D eigenvalue weighted by molar-refractivity contribution is 9.11. The molecule has 0 aliphatic carbocycles. The van der Waals surface area contributed by atoms with Gasteiger partial charge in [0.25, 0.3) is 0 Å². The number of halogens is 4. The Bertz CT molecular complexity index is 1180. The summed E-state index contributed by atoms with van der Waals surface area (Å²) in [4.78, 5) is 15.9. The molecule has 30 heavy (non-hydrogen) atoms. The lowest BCUT2D eigenvalue weighted by Gasteiger charge is -2.07. The summed E-state index contributed by atoms with van der Waals surface area (Å²) in [5, 5.41) is 10.3. The molecule has 1 aromatic heterocycles. The van der Waals surface area contributed by atoms with Crippen molar-refractivity contribution in [2.75, 3.05) is 7.11 Å². The largest absolute Gasteiger partial charge is 0.503 e. The number of carbonyl (C=O) groups is 1. The van der Waals surface area contributed by atoms with Crippen LogP contribution in [-0.4, -0.2) is 23.2 Å². The first-order valence-corrected chi connectivity index (χ1v) is 10.7. The first-order valence-electron chi connectivity index (χ1n) is 8.36. The molecule has 0 amide bonds. The summed E-state index contributed by atoms with van der Waals surface area (Å²) in [6.45, 7) is 0. The summed E-state index contributed by atoms with van der Waals surface area (Å²) in [6.07, 6.45) is 2.35. The van der Waals surface area contributed by atoms with Gasteiger partial charge in [-0.1, -0.05) is 53.5 Å². The van der Waals surface area contributed by atoms with E-state index in [0.29, 0.717) is 36.2 Å². The molecule has 0 aliphatic heterocycles. The van der Waals surface area contributed by atoms with E-state index in [4.69, 9.17) is 27.9 Å². The van der Waals surface area contributed by atoms with Gasteiger partial charge in [0.1, 0.15) is 5.57 Å². The SMILES string of the molecule is COC=C(C(=O)O)c1ccccc1C=C(F)c1nc(-c2ccc(Cl)c(Cl)c2)c(Br)s1. The number of nitrogens with zero attached hydrogens (tertiary/aromatic N) is 1. The smallest absolute Gasteiger partial charge is 0.339 e. The van der Waals surface area contributed by atoms with E-state index in [2.05, 4.69) is 20.9 Å². The van der Waals surface area contributed by atoms with Gasteiger partial charge in [-0.2, -0.15) is 0 Å². The molecule has 0 spiro atoms. The second kappa shape index (κ2) is 9.75. The van der Waals surface area contributed by atoms with Gasteiger partial charge in [0.2, 0.25) is 0 Å². The summed E-state index contributed by atoms with van der Waals surface area (Å²) < 4.78 is 20.5. The highest BCUT2D eigenvalue weighted by Crippen LogP contribution is 2.38. The van der Waals surface area contributed by atoms with Gasteiger partial charge in [0, 0.05) is 5.56 Å². The molecule has 4 nitrogen and oxygen atoms in total. The maximum atomic E-state index is 15.0. The Balaban J connectivity index is 2.03. The van der Waals surface area contributed by atoms with E-state index in [1.165, 1.54) is 13.2 Å². The van der Waals surface area contributed by atoms with Gasteiger partial charge in [-0.25, -0.2) is 14.2 Å². The fraction of sp³-hybridized carbons (Fsp3) is 0.0476. The van der Waals surface area contributed by atoms with Crippen LogP contribution < -0.4 is 0 Å². The van der Waals surface area contributed by atoms with Crippen molar-refractivity contribution in [2.45, 2.75) is 0 Å². The number of aliphatic carboxylic acids is 1. The molecule has 0 aliphatic rings. The first-order chi connectivity index (χ1) is 14.3. The molecule has 0 saturated carbocycles. The van der Waals surface area contributed by atoms with Crippen LogP contribution in [0.25, 0.3) is 28.7 Å². The van der Waals surface area contributed by atoms with Gasteiger partial charge in [0.05, 0.1) is 32.9 Å².